The number of phenols is 1. The largest absolute Gasteiger partial charge is 0.508 e. The van der Waals surface area contributed by atoms with Crippen LogP contribution in [0.2, 0.25) is 0 Å². The number of piperidine rings is 1. The Morgan fingerprint density at radius 1 is 0.963 bits per heavy atom. The van der Waals surface area contributed by atoms with Crippen molar-refractivity contribution in [3.05, 3.63) is 60.2 Å². The minimum atomic E-state index is -0.377. The SMILES string of the molecule is O=C1CC(N2CCC(Cc3ccccc3)CC2)C(=O)N1c1cccc(O)c1. The molecule has 5 nitrogen and oxygen atoms in total. The predicted octanol–water partition coefficient (Wildman–Crippen LogP) is 2.98. The lowest BCUT2D eigenvalue weighted by atomic mass is 9.89. The summed E-state index contributed by atoms with van der Waals surface area (Å²) in [6.45, 7) is 1.68. The third-order valence-electron chi connectivity index (χ3n) is 5.67. The Morgan fingerprint density at radius 2 is 1.70 bits per heavy atom. The molecule has 0 radical (unpaired) electrons. The summed E-state index contributed by atoms with van der Waals surface area (Å²) in [4.78, 5) is 28.7. The van der Waals surface area contributed by atoms with E-state index >= 15 is 0 Å². The van der Waals surface area contributed by atoms with Crippen LogP contribution >= 0.6 is 0 Å². The van der Waals surface area contributed by atoms with Crippen molar-refractivity contribution in [2.75, 3.05) is 18.0 Å². The van der Waals surface area contributed by atoms with E-state index in [1.807, 2.05) is 6.07 Å². The van der Waals surface area contributed by atoms with Crippen molar-refractivity contribution in [3.8, 4) is 5.75 Å². The van der Waals surface area contributed by atoms with Crippen molar-refractivity contribution in [1.29, 1.82) is 0 Å². The third kappa shape index (κ3) is 3.74. The Hall–Kier alpha value is -2.66. The molecule has 2 aromatic carbocycles. The number of carbonyl (C=O) groups is 2. The number of phenolic OH excluding ortho intramolecular Hbond substituents is 1. The first-order valence-electron chi connectivity index (χ1n) is 9.55. The first-order valence-corrected chi connectivity index (χ1v) is 9.55. The molecular formula is C22H24N2O3. The van der Waals surface area contributed by atoms with Gasteiger partial charge in [0.05, 0.1) is 18.2 Å². The normalized spacial score (nSPS) is 21.8. The summed E-state index contributed by atoms with van der Waals surface area (Å²) in [6.07, 6.45) is 3.37. The van der Waals surface area contributed by atoms with E-state index in [2.05, 4.69) is 29.2 Å². The second-order valence-electron chi connectivity index (χ2n) is 7.48. The van der Waals surface area contributed by atoms with Gasteiger partial charge >= 0.3 is 0 Å². The molecular weight excluding hydrogens is 340 g/mol. The summed E-state index contributed by atoms with van der Waals surface area (Å²) in [5.41, 5.74) is 1.81. The number of amides is 2. The highest BCUT2D eigenvalue weighted by atomic mass is 16.3. The molecule has 2 heterocycles. The fraction of sp³-hybridized carbons (Fsp3) is 0.364. The summed E-state index contributed by atoms with van der Waals surface area (Å²) in [7, 11) is 0. The van der Waals surface area contributed by atoms with Crippen LogP contribution in [-0.4, -0.2) is 41.0 Å². The smallest absolute Gasteiger partial charge is 0.251 e. The monoisotopic (exact) mass is 364 g/mol. The Kier molecular flexibility index (Phi) is 4.94. The van der Waals surface area contributed by atoms with E-state index in [1.54, 1.807) is 12.1 Å². The minimum absolute atomic E-state index is 0.0540. The molecule has 2 saturated heterocycles. The molecule has 2 aliphatic rings. The maximum absolute atomic E-state index is 12.9. The first-order chi connectivity index (χ1) is 13.1. The van der Waals surface area contributed by atoms with Gasteiger partial charge in [-0.05, 0) is 56.0 Å². The first kappa shape index (κ1) is 17.7. The molecule has 0 aliphatic carbocycles. The zero-order valence-electron chi connectivity index (χ0n) is 15.3. The predicted molar refractivity (Wildman–Crippen MR) is 103 cm³/mol. The average molecular weight is 364 g/mol. The van der Waals surface area contributed by atoms with Crippen molar-refractivity contribution < 1.29 is 14.7 Å². The molecule has 1 unspecified atom stereocenters. The van der Waals surface area contributed by atoms with Crippen molar-refractivity contribution >= 4 is 17.5 Å². The van der Waals surface area contributed by atoms with Crippen LogP contribution in [0.15, 0.2) is 54.6 Å². The fourth-order valence-electron chi connectivity index (χ4n) is 4.22. The Labute approximate surface area is 159 Å². The molecule has 0 saturated carbocycles. The highest BCUT2D eigenvalue weighted by molar-refractivity contribution is 6.22. The van der Waals surface area contributed by atoms with Gasteiger partial charge in [-0.1, -0.05) is 36.4 Å². The van der Waals surface area contributed by atoms with Gasteiger partial charge in [-0.2, -0.15) is 0 Å². The number of anilines is 1. The van der Waals surface area contributed by atoms with Crippen LogP contribution in [0.4, 0.5) is 5.69 Å². The maximum Gasteiger partial charge on any atom is 0.251 e. The Balaban J connectivity index is 1.39. The van der Waals surface area contributed by atoms with Crippen LogP contribution in [0.1, 0.15) is 24.8 Å². The summed E-state index contributed by atoms with van der Waals surface area (Å²) in [6, 6.07) is 16.5. The molecule has 27 heavy (non-hydrogen) atoms. The number of rotatable bonds is 4. The van der Waals surface area contributed by atoms with Crippen LogP contribution in [0.25, 0.3) is 0 Å². The van der Waals surface area contributed by atoms with E-state index in [-0.39, 0.29) is 30.0 Å². The topological polar surface area (TPSA) is 60.9 Å². The lowest BCUT2D eigenvalue weighted by Gasteiger charge is -2.34. The van der Waals surface area contributed by atoms with Gasteiger partial charge in [-0.25, -0.2) is 4.90 Å². The quantitative estimate of drug-likeness (QED) is 0.848. The molecule has 4 rings (SSSR count). The van der Waals surface area contributed by atoms with E-state index in [0.29, 0.717) is 11.6 Å². The van der Waals surface area contributed by atoms with Crippen molar-refractivity contribution in [3.63, 3.8) is 0 Å². The number of imide groups is 1. The van der Waals surface area contributed by atoms with Gasteiger partial charge in [0.15, 0.2) is 0 Å². The number of hydrogen-bond acceptors (Lipinski definition) is 4. The number of aromatic hydroxyl groups is 1. The second-order valence-corrected chi connectivity index (χ2v) is 7.48. The van der Waals surface area contributed by atoms with E-state index < -0.39 is 0 Å². The van der Waals surface area contributed by atoms with Crippen molar-refractivity contribution in [2.24, 2.45) is 5.92 Å². The van der Waals surface area contributed by atoms with Crippen LogP contribution in [0.5, 0.6) is 5.75 Å². The van der Waals surface area contributed by atoms with Gasteiger partial charge in [0.25, 0.3) is 5.91 Å². The van der Waals surface area contributed by atoms with Crippen molar-refractivity contribution in [1.82, 2.24) is 4.90 Å². The molecule has 2 aromatic rings. The van der Waals surface area contributed by atoms with Gasteiger partial charge in [0.2, 0.25) is 5.91 Å². The number of likely N-dealkylation sites (tertiary alicyclic amines) is 1. The molecule has 1 atom stereocenters. The van der Waals surface area contributed by atoms with Gasteiger partial charge in [0.1, 0.15) is 5.75 Å². The van der Waals surface area contributed by atoms with E-state index in [1.165, 1.54) is 22.6 Å². The van der Waals surface area contributed by atoms with Crippen LogP contribution < -0.4 is 4.90 Å². The standard InChI is InChI=1S/C22H24N2O3/c25-19-8-4-7-18(14-19)24-21(26)15-20(22(24)27)23-11-9-17(10-12-23)13-16-5-2-1-3-6-16/h1-8,14,17,20,25H,9-13,15H2. The maximum atomic E-state index is 12.9. The Morgan fingerprint density at radius 3 is 2.41 bits per heavy atom. The van der Waals surface area contributed by atoms with E-state index in [4.69, 9.17) is 0 Å². The average Bonchev–Trinajstić information content (AvgIpc) is 2.97. The molecule has 2 amide bonds. The summed E-state index contributed by atoms with van der Waals surface area (Å²) in [5.74, 6) is 0.311. The zero-order valence-corrected chi connectivity index (χ0v) is 15.3. The zero-order chi connectivity index (χ0) is 18.8. The fourth-order valence-corrected chi connectivity index (χ4v) is 4.22. The Bertz CT molecular complexity index is 828. The third-order valence-corrected chi connectivity index (χ3v) is 5.67. The van der Waals surface area contributed by atoms with Crippen LogP contribution in [-0.2, 0) is 16.0 Å². The van der Waals surface area contributed by atoms with E-state index in [0.717, 1.165) is 32.4 Å². The van der Waals surface area contributed by atoms with Gasteiger partial charge in [-0.3, -0.25) is 14.5 Å². The summed E-state index contributed by atoms with van der Waals surface area (Å²) < 4.78 is 0. The molecule has 140 valence electrons. The van der Waals surface area contributed by atoms with Gasteiger partial charge < -0.3 is 5.11 Å². The van der Waals surface area contributed by atoms with Crippen LogP contribution in [0, 0.1) is 5.92 Å². The number of carbonyl (C=O) groups excluding carboxylic acids is 2. The molecule has 5 heteroatoms. The minimum Gasteiger partial charge on any atom is -0.508 e. The molecule has 0 bridgehead atoms. The van der Waals surface area contributed by atoms with Gasteiger partial charge in [-0.15, -0.1) is 0 Å². The summed E-state index contributed by atoms with van der Waals surface area (Å²) in [5, 5.41) is 9.65. The molecule has 2 aliphatic heterocycles. The van der Waals surface area contributed by atoms with Crippen molar-refractivity contribution in [2.45, 2.75) is 31.7 Å². The number of hydrogen-bond donors (Lipinski definition) is 1. The molecule has 2 fully saturated rings. The highest BCUT2D eigenvalue weighted by Crippen LogP contribution is 2.30. The number of benzene rings is 2. The lowest BCUT2D eigenvalue weighted by Crippen LogP contribution is -2.46. The van der Waals surface area contributed by atoms with E-state index in [9.17, 15) is 14.7 Å². The second kappa shape index (κ2) is 7.53. The number of nitrogens with zero attached hydrogens (tertiary/aromatic N) is 2. The molecule has 0 aromatic heterocycles. The molecule has 0 spiro atoms. The highest BCUT2D eigenvalue weighted by Gasteiger charge is 2.43. The summed E-state index contributed by atoms with van der Waals surface area (Å²) >= 11 is 0. The van der Waals surface area contributed by atoms with Crippen LogP contribution in [0.3, 0.4) is 0 Å². The van der Waals surface area contributed by atoms with Gasteiger partial charge in [0, 0.05) is 6.07 Å². The lowest BCUT2D eigenvalue weighted by molar-refractivity contribution is -0.123. The molecule has 1 N–H and O–H groups in total.